The molecule has 0 amide bonds. The van der Waals surface area contributed by atoms with Gasteiger partial charge in [-0.2, -0.15) is 0 Å². The van der Waals surface area contributed by atoms with Crippen LogP contribution in [-0.4, -0.2) is 66.5 Å². The van der Waals surface area contributed by atoms with Crippen molar-refractivity contribution in [2.75, 3.05) is 26.4 Å². The summed E-state index contributed by atoms with van der Waals surface area (Å²) in [5.41, 5.74) is 0. The third-order valence-corrected chi connectivity index (χ3v) is 14.4. The summed E-state index contributed by atoms with van der Waals surface area (Å²) in [5.74, 6) is -1.57. The van der Waals surface area contributed by atoms with E-state index in [1.165, 1.54) is 122 Å². The molecule has 3 unspecified atom stereocenters. The normalized spacial score (nSPS) is 13.9. The minimum atomic E-state index is -4.78. The van der Waals surface area contributed by atoms with Crippen LogP contribution in [0.25, 0.3) is 0 Å². The van der Waals surface area contributed by atoms with Gasteiger partial charge >= 0.3 is 25.7 Å². The molecule has 460 valence electrons. The van der Waals surface area contributed by atoms with Gasteiger partial charge in [-0.15, -0.1) is 0 Å². The highest BCUT2D eigenvalue weighted by molar-refractivity contribution is 7.47. The van der Waals surface area contributed by atoms with Gasteiger partial charge in [-0.05, 0) is 109 Å². The molecule has 2 N–H and O–H groups in total. The van der Waals surface area contributed by atoms with Gasteiger partial charge in [-0.25, -0.2) is 4.57 Å². The van der Waals surface area contributed by atoms with Gasteiger partial charge in [0.25, 0.3) is 0 Å². The Kier molecular flexibility index (Phi) is 58.7. The molecule has 12 heteroatoms. The zero-order chi connectivity index (χ0) is 58.3. The number of phosphoric acid groups is 1. The number of aliphatic hydroxyl groups excluding tert-OH is 1. The predicted molar refractivity (Wildman–Crippen MR) is 334 cm³/mol. The maximum atomic E-state index is 13.0. The zero-order valence-corrected chi connectivity index (χ0v) is 51.9. The number of esters is 3. The molecular weight excluding hydrogens is 1020 g/mol. The highest BCUT2D eigenvalue weighted by atomic mass is 31.2. The first-order valence-corrected chi connectivity index (χ1v) is 33.6. The molecule has 0 aromatic rings. The first-order chi connectivity index (χ1) is 39.2. The molecule has 0 aliphatic carbocycles. The van der Waals surface area contributed by atoms with Crippen molar-refractivity contribution in [1.82, 2.24) is 0 Å². The van der Waals surface area contributed by atoms with Crippen LogP contribution in [0.15, 0.2) is 97.2 Å². The molecule has 0 radical (unpaired) electrons. The lowest BCUT2D eigenvalue weighted by molar-refractivity contribution is -0.161. The van der Waals surface area contributed by atoms with E-state index < -0.39 is 57.8 Å². The summed E-state index contributed by atoms with van der Waals surface area (Å²) in [7, 11) is -4.78. The summed E-state index contributed by atoms with van der Waals surface area (Å²) < 4.78 is 39.6. The molecule has 0 rings (SSSR count). The number of carbonyl (C=O) groups excluding carboxylic acids is 3. The van der Waals surface area contributed by atoms with E-state index in [9.17, 15) is 28.9 Å². The van der Waals surface area contributed by atoms with Crippen LogP contribution in [0.4, 0.5) is 0 Å². The van der Waals surface area contributed by atoms with E-state index in [-0.39, 0.29) is 25.9 Å². The van der Waals surface area contributed by atoms with Gasteiger partial charge in [0.15, 0.2) is 6.10 Å². The molecule has 0 saturated heterocycles. The molecular formula is C68H117O11P. The van der Waals surface area contributed by atoms with Crippen LogP contribution in [0.3, 0.4) is 0 Å². The molecule has 0 aliphatic heterocycles. The van der Waals surface area contributed by atoms with Crippen molar-refractivity contribution < 1.29 is 52.2 Å². The molecule has 11 nitrogen and oxygen atoms in total. The molecule has 0 bridgehead atoms. The fraction of sp³-hybridized carbons (Fsp3) is 0.721. The molecule has 0 spiro atoms. The minimum Gasteiger partial charge on any atom is -0.462 e. The lowest BCUT2D eigenvalue weighted by Gasteiger charge is -2.21. The van der Waals surface area contributed by atoms with Crippen LogP contribution in [-0.2, 0) is 42.2 Å². The third kappa shape index (κ3) is 59.0. The molecule has 0 heterocycles. The summed E-state index contributed by atoms with van der Waals surface area (Å²) in [4.78, 5) is 48.7. The number of rotatable bonds is 59. The summed E-state index contributed by atoms with van der Waals surface area (Å²) in [5, 5.41) is 9.84. The average molecular weight is 1140 g/mol. The summed E-state index contributed by atoms with van der Waals surface area (Å²) >= 11 is 0. The molecule has 0 aromatic carbocycles. The number of aliphatic hydroxyl groups is 1. The first-order valence-electron chi connectivity index (χ1n) is 32.1. The van der Waals surface area contributed by atoms with Gasteiger partial charge in [-0.3, -0.25) is 23.4 Å². The van der Waals surface area contributed by atoms with Gasteiger partial charge in [0.1, 0.15) is 12.7 Å². The third-order valence-electron chi connectivity index (χ3n) is 13.5. The largest absolute Gasteiger partial charge is 0.472 e. The lowest BCUT2D eigenvalue weighted by atomic mass is 10.1. The Balaban J connectivity index is 4.81. The number of unbranched alkanes of at least 4 members (excludes halogenated alkanes) is 26. The van der Waals surface area contributed by atoms with Gasteiger partial charge in [0, 0.05) is 19.3 Å². The van der Waals surface area contributed by atoms with Crippen molar-refractivity contribution in [3.05, 3.63) is 97.2 Å². The zero-order valence-electron chi connectivity index (χ0n) is 51.0. The van der Waals surface area contributed by atoms with E-state index in [0.29, 0.717) is 19.3 Å². The number of allylic oxidation sites excluding steroid dienone is 16. The van der Waals surface area contributed by atoms with E-state index >= 15 is 0 Å². The van der Waals surface area contributed by atoms with Crippen molar-refractivity contribution in [2.24, 2.45) is 0 Å². The molecule has 0 fully saturated rings. The number of phosphoric ester groups is 1. The Morgan fingerprint density at radius 2 is 0.675 bits per heavy atom. The van der Waals surface area contributed by atoms with Crippen LogP contribution in [0.5, 0.6) is 0 Å². The van der Waals surface area contributed by atoms with Crippen LogP contribution >= 0.6 is 7.82 Å². The Bertz CT molecular complexity index is 1710. The molecule has 3 atom stereocenters. The van der Waals surface area contributed by atoms with E-state index in [0.717, 1.165) is 96.3 Å². The fourth-order valence-electron chi connectivity index (χ4n) is 8.61. The van der Waals surface area contributed by atoms with Crippen LogP contribution in [0.1, 0.15) is 278 Å². The molecule has 0 aliphatic rings. The Morgan fingerprint density at radius 3 is 1.05 bits per heavy atom. The van der Waals surface area contributed by atoms with Crippen molar-refractivity contribution in [2.45, 2.75) is 290 Å². The maximum Gasteiger partial charge on any atom is 0.472 e. The maximum absolute atomic E-state index is 13.0. The van der Waals surface area contributed by atoms with Crippen molar-refractivity contribution in [1.29, 1.82) is 0 Å². The molecule has 0 saturated carbocycles. The average Bonchev–Trinajstić information content (AvgIpc) is 3.45. The smallest absolute Gasteiger partial charge is 0.462 e. The highest BCUT2D eigenvalue weighted by Crippen LogP contribution is 2.43. The number of hydrogen-bond acceptors (Lipinski definition) is 10. The van der Waals surface area contributed by atoms with Gasteiger partial charge in [0.2, 0.25) is 0 Å². The van der Waals surface area contributed by atoms with Crippen LogP contribution < -0.4 is 0 Å². The lowest BCUT2D eigenvalue weighted by Crippen LogP contribution is -2.30. The molecule has 80 heavy (non-hydrogen) atoms. The first kappa shape index (κ1) is 76.4. The highest BCUT2D eigenvalue weighted by Gasteiger charge is 2.28. The Hall–Kier alpha value is -3.60. The van der Waals surface area contributed by atoms with Crippen molar-refractivity contribution in [3.8, 4) is 0 Å². The Morgan fingerprint density at radius 1 is 0.362 bits per heavy atom. The predicted octanol–water partition coefficient (Wildman–Crippen LogP) is 19.6. The second-order valence-corrected chi connectivity index (χ2v) is 22.6. The quantitative estimate of drug-likeness (QED) is 0.0197. The minimum absolute atomic E-state index is 0.0977. The Labute approximate surface area is 489 Å². The van der Waals surface area contributed by atoms with Crippen LogP contribution in [0, 0.1) is 0 Å². The second-order valence-electron chi connectivity index (χ2n) is 21.2. The van der Waals surface area contributed by atoms with Gasteiger partial charge in [0.05, 0.1) is 19.8 Å². The summed E-state index contributed by atoms with van der Waals surface area (Å²) in [6.45, 7) is 4.46. The van der Waals surface area contributed by atoms with E-state index in [4.69, 9.17) is 23.3 Å². The SMILES string of the molecule is CC/C=C\C/C=C\C/C=C\C/C=C\C/C=C\C/C=C\CCC(=O)OCC(COP(=O)(O)OCC(CO)OC(=O)CCCCCCC/C=C\CCCCCCCC)OC(=O)CCCCCCCCCCC/C=C\CCCCCCCC. The van der Waals surface area contributed by atoms with E-state index in [1.54, 1.807) is 0 Å². The van der Waals surface area contributed by atoms with E-state index in [1.807, 2.05) is 12.2 Å². The second kappa shape index (κ2) is 61.5. The van der Waals surface area contributed by atoms with Crippen molar-refractivity contribution >= 4 is 25.7 Å². The van der Waals surface area contributed by atoms with E-state index in [2.05, 4.69) is 106 Å². The summed E-state index contributed by atoms with van der Waals surface area (Å²) in [6, 6.07) is 0. The molecule has 0 aromatic heterocycles. The summed E-state index contributed by atoms with van der Waals surface area (Å²) in [6.07, 6.45) is 73.7. The van der Waals surface area contributed by atoms with Crippen LogP contribution in [0.2, 0.25) is 0 Å². The fourth-order valence-corrected chi connectivity index (χ4v) is 9.39. The topological polar surface area (TPSA) is 155 Å². The standard InChI is InChI=1S/C68H117O11P/c1-4-7-10-13-16-19-22-25-28-30-32-34-37-39-42-45-48-51-54-57-66(70)75-61-65(79-68(72)59-56-53-50-47-44-41-38-35-33-31-29-26-23-20-17-14-11-8-5-2)63-77-80(73,74)76-62-64(60-69)78-67(71)58-55-52-49-46-43-40-36-27-24-21-18-15-12-9-6-3/h7,10,16,19,25-29,32,34,36,39,42,48,51,64-65,69H,4-6,8-9,11-15,17-18,20-24,30-31,33,35,37-38,40-41,43-47,49-50,52-63H2,1-3H3,(H,73,74)/b10-7-,19-16-,28-25-,29-26-,34-32-,36-27-,42-39-,51-48-. The van der Waals surface area contributed by atoms with Crippen molar-refractivity contribution in [3.63, 3.8) is 0 Å². The monoisotopic (exact) mass is 1140 g/mol. The van der Waals surface area contributed by atoms with Gasteiger partial charge in [-0.1, -0.05) is 246 Å². The number of ether oxygens (including phenoxy) is 3. The number of hydrogen-bond donors (Lipinski definition) is 2. The number of carbonyl (C=O) groups is 3. The van der Waals surface area contributed by atoms with Gasteiger partial charge < -0.3 is 24.2 Å².